The van der Waals surface area contributed by atoms with Gasteiger partial charge in [0.05, 0.1) is 16.9 Å². The minimum atomic E-state index is -1.16. The summed E-state index contributed by atoms with van der Waals surface area (Å²) in [4.78, 5) is 50.2. The molecule has 0 radical (unpaired) electrons. The summed E-state index contributed by atoms with van der Waals surface area (Å²) >= 11 is 0.804. The van der Waals surface area contributed by atoms with Crippen LogP contribution < -0.4 is 10.2 Å². The maximum absolute atomic E-state index is 12.8. The Morgan fingerprint density at radius 1 is 1.14 bits per heavy atom. The van der Waals surface area contributed by atoms with Crippen LogP contribution >= 0.6 is 11.8 Å². The summed E-state index contributed by atoms with van der Waals surface area (Å²) in [5.41, 5.74) is 3.20. The van der Waals surface area contributed by atoms with Crippen LogP contribution in [0.5, 0.6) is 0 Å². The Hall–Kier alpha value is -3.13. The van der Waals surface area contributed by atoms with E-state index in [2.05, 4.69) is 5.32 Å². The van der Waals surface area contributed by atoms with Crippen LogP contribution in [0, 0.1) is 20.8 Å². The van der Waals surface area contributed by atoms with Crippen LogP contribution in [-0.2, 0) is 9.59 Å². The number of carbonyl (C=O) groups excluding carboxylic acids is 3. The van der Waals surface area contributed by atoms with E-state index in [0.29, 0.717) is 5.69 Å². The molecule has 3 amide bonds. The van der Waals surface area contributed by atoms with Gasteiger partial charge < -0.3 is 10.4 Å². The van der Waals surface area contributed by atoms with E-state index in [9.17, 15) is 24.3 Å². The Morgan fingerprint density at radius 3 is 2.55 bits per heavy atom. The van der Waals surface area contributed by atoms with Gasteiger partial charge in [-0.15, -0.1) is 0 Å². The van der Waals surface area contributed by atoms with Gasteiger partial charge in [-0.3, -0.25) is 14.4 Å². The molecule has 1 atom stereocenters. The van der Waals surface area contributed by atoms with Crippen molar-refractivity contribution in [1.29, 1.82) is 0 Å². The molecule has 1 saturated heterocycles. The van der Waals surface area contributed by atoms with E-state index in [0.717, 1.165) is 33.4 Å². The summed E-state index contributed by atoms with van der Waals surface area (Å²) in [7, 11) is 0. The number of rotatable bonds is 5. The number of carboxylic acid groups (broad SMARTS) is 1. The van der Waals surface area contributed by atoms with Crippen LogP contribution in [0.4, 0.5) is 16.2 Å². The second kappa shape index (κ2) is 8.08. The van der Waals surface area contributed by atoms with Crippen LogP contribution in [0.1, 0.15) is 33.5 Å². The zero-order chi connectivity index (χ0) is 21.3. The van der Waals surface area contributed by atoms with Crippen molar-refractivity contribution in [2.24, 2.45) is 0 Å². The number of aryl methyl sites for hydroxylation is 2. The summed E-state index contributed by atoms with van der Waals surface area (Å²) in [6, 6.07) is 9.97. The molecule has 0 aromatic heterocycles. The zero-order valence-corrected chi connectivity index (χ0v) is 17.0. The summed E-state index contributed by atoms with van der Waals surface area (Å²) in [5, 5.41) is 10.5. The summed E-state index contributed by atoms with van der Waals surface area (Å²) < 4.78 is 0. The van der Waals surface area contributed by atoms with Gasteiger partial charge in [-0.1, -0.05) is 18.2 Å². The second-order valence-electron chi connectivity index (χ2n) is 6.87. The molecule has 1 fully saturated rings. The first kappa shape index (κ1) is 20.6. The maximum atomic E-state index is 12.8. The van der Waals surface area contributed by atoms with Crippen LogP contribution in [0.2, 0.25) is 0 Å². The van der Waals surface area contributed by atoms with Crippen LogP contribution in [-0.4, -0.2) is 33.4 Å². The number of thioether (sulfide) groups is 1. The first-order chi connectivity index (χ1) is 13.7. The molecule has 0 aliphatic carbocycles. The molecule has 0 bridgehead atoms. The molecule has 3 rings (SSSR count). The average molecular weight is 412 g/mol. The monoisotopic (exact) mass is 412 g/mol. The van der Waals surface area contributed by atoms with E-state index in [1.807, 2.05) is 19.9 Å². The first-order valence-corrected chi connectivity index (χ1v) is 9.81. The fourth-order valence-corrected chi connectivity index (χ4v) is 4.08. The van der Waals surface area contributed by atoms with Crippen LogP contribution in [0.3, 0.4) is 0 Å². The van der Waals surface area contributed by atoms with Crippen molar-refractivity contribution in [3.63, 3.8) is 0 Å². The van der Waals surface area contributed by atoms with Gasteiger partial charge in [0.1, 0.15) is 5.25 Å². The number of nitrogens with zero attached hydrogens (tertiary/aromatic N) is 1. The van der Waals surface area contributed by atoms with Crippen molar-refractivity contribution in [2.45, 2.75) is 32.4 Å². The quantitative estimate of drug-likeness (QED) is 0.772. The Labute approximate surface area is 172 Å². The molecular weight excluding hydrogens is 392 g/mol. The van der Waals surface area contributed by atoms with Crippen molar-refractivity contribution < 1.29 is 24.3 Å². The number of aromatic carboxylic acids is 1. The predicted molar refractivity (Wildman–Crippen MR) is 112 cm³/mol. The molecule has 1 unspecified atom stereocenters. The highest BCUT2D eigenvalue weighted by molar-refractivity contribution is 8.15. The predicted octanol–water partition coefficient (Wildman–Crippen LogP) is 3.91. The zero-order valence-electron chi connectivity index (χ0n) is 16.2. The highest BCUT2D eigenvalue weighted by Crippen LogP contribution is 2.35. The van der Waals surface area contributed by atoms with Gasteiger partial charge in [-0.25, -0.2) is 9.69 Å². The number of nitrogens with one attached hydrogen (secondary N) is 1. The third-order valence-corrected chi connectivity index (χ3v) is 5.83. The molecule has 0 spiro atoms. The van der Waals surface area contributed by atoms with Crippen molar-refractivity contribution in [2.75, 3.05) is 10.2 Å². The smallest absolute Gasteiger partial charge is 0.337 e. The molecule has 1 heterocycles. The van der Waals surface area contributed by atoms with Gasteiger partial charge in [0.25, 0.3) is 5.24 Å². The SMILES string of the molecule is Cc1ccc(C(=O)O)c(NC(=O)CC2SC(=O)N(c3cccc(C)c3C)C2=O)c1. The third kappa shape index (κ3) is 4.17. The van der Waals surface area contributed by atoms with Gasteiger partial charge in [-0.2, -0.15) is 0 Å². The molecule has 8 heteroatoms. The summed E-state index contributed by atoms with van der Waals surface area (Å²) in [5.74, 6) is -2.14. The van der Waals surface area contributed by atoms with Crippen molar-refractivity contribution in [3.05, 3.63) is 58.7 Å². The molecule has 150 valence electrons. The minimum absolute atomic E-state index is 0.0394. The van der Waals surface area contributed by atoms with Gasteiger partial charge in [0, 0.05) is 6.42 Å². The van der Waals surface area contributed by atoms with Gasteiger partial charge in [-0.05, 0) is 67.4 Å². The Balaban J connectivity index is 1.76. The van der Waals surface area contributed by atoms with E-state index in [4.69, 9.17) is 0 Å². The van der Waals surface area contributed by atoms with Gasteiger partial charge in [0.15, 0.2) is 0 Å². The second-order valence-corrected chi connectivity index (χ2v) is 8.03. The molecule has 1 aliphatic rings. The van der Waals surface area contributed by atoms with Crippen LogP contribution in [0.15, 0.2) is 36.4 Å². The lowest BCUT2D eigenvalue weighted by atomic mass is 10.1. The number of amides is 3. The molecule has 2 aromatic carbocycles. The summed E-state index contributed by atoms with van der Waals surface area (Å²) in [6.45, 7) is 5.50. The maximum Gasteiger partial charge on any atom is 0.337 e. The fourth-order valence-electron chi connectivity index (χ4n) is 3.10. The Bertz CT molecular complexity index is 1030. The lowest BCUT2D eigenvalue weighted by molar-refractivity contribution is -0.121. The van der Waals surface area contributed by atoms with Crippen molar-refractivity contribution in [3.8, 4) is 0 Å². The topological polar surface area (TPSA) is 104 Å². The third-order valence-electron chi connectivity index (χ3n) is 4.79. The van der Waals surface area contributed by atoms with Crippen molar-refractivity contribution in [1.82, 2.24) is 0 Å². The first-order valence-electron chi connectivity index (χ1n) is 8.93. The molecule has 7 nitrogen and oxygen atoms in total. The van der Waals surface area contributed by atoms with Gasteiger partial charge in [0.2, 0.25) is 11.8 Å². The normalized spacial score (nSPS) is 16.2. The van der Waals surface area contributed by atoms with Crippen LogP contribution in [0.25, 0.3) is 0 Å². The van der Waals surface area contributed by atoms with Crippen molar-refractivity contribution >= 4 is 46.2 Å². The van der Waals surface area contributed by atoms with E-state index >= 15 is 0 Å². The van der Waals surface area contributed by atoms with E-state index in [1.54, 1.807) is 31.2 Å². The fraction of sp³-hybridized carbons (Fsp3) is 0.238. The number of carbonyl (C=O) groups is 4. The minimum Gasteiger partial charge on any atom is -0.478 e. The Kier molecular flexibility index (Phi) is 5.74. The van der Waals surface area contributed by atoms with E-state index < -0.39 is 28.3 Å². The largest absolute Gasteiger partial charge is 0.478 e. The van der Waals surface area contributed by atoms with E-state index in [1.165, 1.54) is 6.07 Å². The average Bonchev–Trinajstić information content (AvgIpc) is 2.90. The molecule has 1 aliphatic heterocycles. The number of imide groups is 1. The van der Waals surface area contributed by atoms with E-state index in [-0.39, 0.29) is 17.7 Å². The summed E-state index contributed by atoms with van der Waals surface area (Å²) in [6.07, 6.45) is -0.233. The lowest BCUT2D eigenvalue weighted by Crippen LogP contribution is -2.33. The molecule has 29 heavy (non-hydrogen) atoms. The molecule has 0 saturated carbocycles. The highest BCUT2D eigenvalue weighted by Gasteiger charge is 2.42. The molecular formula is C21H20N2O5S. The number of hydrogen-bond donors (Lipinski definition) is 2. The number of benzene rings is 2. The molecule has 2 N–H and O–H groups in total. The lowest BCUT2D eigenvalue weighted by Gasteiger charge is -2.17. The highest BCUT2D eigenvalue weighted by atomic mass is 32.2. The standard InChI is InChI=1S/C21H20N2O5S/c1-11-7-8-14(20(26)27)15(9-11)22-18(24)10-17-19(25)23(21(28)29-17)16-6-4-5-12(2)13(16)3/h4-9,17H,10H2,1-3H3,(H,22,24)(H,26,27). The number of anilines is 2. The Morgan fingerprint density at radius 2 is 1.86 bits per heavy atom. The number of carboxylic acids is 1. The van der Waals surface area contributed by atoms with Gasteiger partial charge >= 0.3 is 5.97 Å². The molecule has 2 aromatic rings. The number of hydrogen-bond acceptors (Lipinski definition) is 5.